The van der Waals surface area contributed by atoms with E-state index in [2.05, 4.69) is 35.8 Å². The number of fused-ring (bicyclic) bond motifs is 3. The molecule has 0 aliphatic carbocycles. The smallest absolute Gasteiger partial charge is 0.231 e. The second-order valence-electron chi connectivity index (χ2n) is 5.02. The highest BCUT2D eigenvalue weighted by Gasteiger charge is 2.35. The summed E-state index contributed by atoms with van der Waals surface area (Å²) in [6.45, 7) is 2.33. The molecule has 1 amide bonds. The minimum atomic E-state index is 0.152. The molecular weight excluding hydrogens is 334 g/mol. The molecular formula is C14H12BrN5O. The van der Waals surface area contributed by atoms with E-state index < -0.39 is 0 Å². The molecule has 0 radical (unpaired) electrons. The minimum Gasteiger partial charge on any atom is -0.340 e. The number of halogens is 1. The lowest BCUT2D eigenvalue weighted by Crippen LogP contribution is -2.44. The van der Waals surface area contributed by atoms with Crippen molar-refractivity contribution < 1.29 is 4.79 Å². The maximum atomic E-state index is 11.9. The lowest BCUT2D eigenvalue weighted by molar-refractivity contribution is -0.127. The molecule has 4 rings (SSSR count). The highest BCUT2D eigenvalue weighted by molar-refractivity contribution is 9.10. The number of nitrogens with zero attached hydrogens (tertiary/aromatic N) is 5. The first-order chi connectivity index (χ1) is 10.2. The van der Waals surface area contributed by atoms with Gasteiger partial charge >= 0.3 is 0 Å². The van der Waals surface area contributed by atoms with Gasteiger partial charge in [0.2, 0.25) is 11.9 Å². The lowest BCUT2D eigenvalue weighted by Gasteiger charge is -2.27. The van der Waals surface area contributed by atoms with Crippen molar-refractivity contribution in [2.24, 2.45) is 4.99 Å². The summed E-state index contributed by atoms with van der Waals surface area (Å²) in [6, 6.07) is 3.79. The Labute approximate surface area is 129 Å². The first kappa shape index (κ1) is 12.7. The molecule has 7 heteroatoms. The maximum absolute atomic E-state index is 11.9. The lowest BCUT2D eigenvalue weighted by atomic mass is 10.2. The molecule has 106 valence electrons. The zero-order chi connectivity index (χ0) is 14.4. The van der Waals surface area contributed by atoms with Crippen LogP contribution in [0.4, 0.5) is 5.69 Å². The van der Waals surface area contributed by atoms with Crippen molar-refractivity contribution in [1.29, 1.82) is 0 Å². The first-order valence-electron chi connectivity index (χ1n) is 6.77. The third-order valence-corrected chi connectivity index (χ3v) is 4.58. The van der Waals surface area contributed by atoms with Crippen LogP contribution >= 0.6 is 15.9 Å². The Morgan fingerprint density at radius 2 is 2.00 bits per heavy atom. The van der Waals surface area contributed by atoms with Crippen molar-refractivity contribution in [3.63, 3.8) is 0 Å². The molecule has 2 aliphatic rings. The first-order valence-corrected chi connectivity index (χ1v) is 7.56. The van der Waals surface area contributed by atoms with Crippen LogP contribution in [0.15, 0.2) is 34.0 Å². The molecule has 6 nitrogen and oxygen atoms in total. The van der Waals surface area contributed by atoms with E-state index in [4.69, 9.17) is 0 Å². The van der Waals surface area contributed by atoms with Gasteiger partial charge in [0.15, 0.2) is 0 Å². The molecule has 0 atom stereocenters. The number of rotatable bonds is 1. The number of hydrogen-bond donors (Lipinski definition) is 0. The van der Waals surface area contributed by atoms with Gasteiger partial charge in [0, 0.05) is 38.4 Å². The maximum Gasteiger partial charge on any atom is 0.231 e. The summed E-state index contributed by atoms with van der Waals surface area (Å²) >= 11 is 3.55. The normalized spacial score (nSPS) is 19.9. The van der Waals surface area contributed by atoms with E-state index in [1.165, 1.54) is 0 Å². The highest BCUT2D eigenvalue weighted by Crippen LogP contribution is 2.32. The monoisotopic (exact) mass is 345 g/mol. The van der Waals surface area contributed by atoms with E-state index in [1.54, 1.807) is 17.3 Å². The molecule has 2 aromatic rings. The zero-order valence-corrected chi connectivity index (χ0v) is 12.7. The van der Waals surface area contributed by atoms with E-state index in [1.807, 2.05) is 12.1 Å². The molecule has 2 bridgehead atoms. The third kappa shape index (κ3) is 1.99. The average molecular weight is 346 g/mol. The van der Waals surface area contributed by atoms with Crippen LogP contribution in [-0.2, 0) is 4.79 Å². The van der Waals surface area contributed by atoms with E-state index in [-0.39, 0.29) is 5.91 Å². The number of carbonyl (C=O) groups is 1. The minimum absolute atomic E-state index is 0.152. The van der Waals surface area contributed by atoms with Crippen LogP contribution in [0, 0.1) is 0 Å². The van der Waals surface area contributed by atoms with Crippen molar-refractivity contribution in [1.82, 2.24) is 19.8 Å². The Morgan fingerprint density at radius 3 is 2.90 bits per heavy atom. The molecule has 0 saturated carbocycles. The van der Waals surface area contributed by atoms with Crippen LogP contribution in [-0.4, -0.2) is 51.3 Å². The van der Waals surface area contributed by atoms with E-state index >= 15 is 0 Å². The summed E-state index contributed by atoms with van der Waals surface area (Å²) in [5.41, 5.74) is 2.36. The molecule has 1 aromatic heterocycles. The molecule has 2 fully saturated rings. The van der Waals surface area contributed by atoms with Crippen molar-refractivity contribution >= 4 is 44.5 Å². The number of aromatic nitrogens is 2. The predicted octanol–water partition coefficient (Wildman–Crippen LogP) is 1.93. The Hall–Kier alpha value is -2.02. The van der Waals surface area contributed by atoms with Gasteiger partial charge in [-0.1, -0.05) is 0 Å². The second-order valence-corrected chi connectivity index (χ2v) is 5.81. The SMILES string of the molecule is O=C1CCN2CCN1C2=Nc1ccc2nccnc2c1Br. The van der Waals surface area contributed by atoms with Crippen molar-refractivity contribution in [2.75, 3.05) is 19.6 Å². The van der Waals surface area contributed by atoms with Gasteiger partial charge in [0.05, 0.1) is 15.7 Å². The fourth-order valence-corrected chi connectivity index (χ4v) is 3.25. The van der Waals surface area contributed by atoms with Crippen molar-refractivity contribution in [3.05, 3.63) is 29.0 Å². The number of carbonyl (C=O) groups excluding carboxylic acids is 1. The van der Waals surface area contributed by atoms with Crippen molar-refractivity contribution in [2.45, 2.75) is 6.42 Å². The van der Waals surface area contributed by atoms with Crippen LogP contribution < -0.4 is 0 Å². The van der Waals surface area contributed by atoms with Gasteiger partial charge in [-0.2, -0.15) is 0 Å². The molecule has 1 aromatic carbocycles. The Morgan fingerprint density at radius 1 is 1.14 bits per heavy atom. The van der Waals surface area contributed by atoms with E-state index in [9.17, 15) is 4.79 Å². The molecule has 2 aliphatic heterocycles. The standard InChI is InChI=1S/C14H12BrN5O/c15-12-9(1-2-10-13(12)17-5-4-16-10)18-14-19-6-3-11(21)20(14)8-7-19/h1-2,4-5H,3,6-8H2. The quantitative estimate of drug-likeness (QED) is 0.792. The number of aliphatic imine (C=N–C) groups is 1. The van der Waals surface area contributed by atoms with Gasteiger partial charge in [0.25, 0.3) is 0 Å². The second kappa shape index (κ2) is 4.77. The van der Waals surface area contributed by atoms with E-state index in [0.717, 1.165) is 46.8 Å². The fourth-order valence-electron chi connectivity index (χ4n) is 2.72. The van der Waals surface area contributed by atoms with E-state index in [0.29, 0.717) is 6.42 Å². The summed E-state index contributed by atoms with van der Waals surface area (Å²) in [5, 5.41) is 0. The highest BCUT2D eigenvalue weighted by atomic mass is 79.9. The molecule has 2 saturated heterocycles. The average Bonchev–Trinajstić information content (AvgIpc) is 2.80. The molecule has 3 heterocycles. The summed E-state index contributed by atoms with van der Waals surface area (Å²) < 4.78 is 0.806. The predicted molar refractivity (Wildman–Crippen MR) is 82.2 cm³/mol. The van der Waals surface area contributed by atoms with Crippen LogP contribution in [0.2, 0.25) is 0 Å². The number of hydrogen-bond acceptors (Lipinski definition) is 4. The molecule has 0 unspecified atom stereocenters. The van der Waals surface area contributed by atoms with Gasteiger partial charge in [-0.05, 0) is 28.1 Å². The summed E-state index contributed by atoms with van der Waals surface area (Å²) in [5.74, 6) is 0.898. The van der Waals surface area contributed by atoms with Gasteiger partial charge in [-0.3, -0.25) is 19.7 Å². The topological polar surface area (TPSA) is 61.7 Å². The molecule has 0 N–H and O–H groups in total. The fraction of sp³-hybridized carbons (Fsp3) is 0.286. The number of guanidine groups is 1. The summed E-state index contributed by atoms with van der Waals surface area (Å²) in [4.78, 5) is 29.1. The third-order valence-electron chi connectivity index (χ3n) is 3.79. The largest absolute Gasteiger partial charge is 0.340 e. The molecule has 0 spiro atoms. The van der Waals surface area contributed by atoms with Gasteiger partial charge < -0.3 is 4.90 Å². The number of amides is 1. The van der Waals surface area contributed by atoms with Crippen LogP contribution in [0.3, 0.4) is 0 Å². The van der Waals surface area contributed by atoms with Gasteiger partial charge in [-0.25, -0.2) is 4.99 Å². The van der Waals surface area contributed by atoms with Crippen molar-refractivity contribution in [3.8, 4) is 0 Å². The number of benzene rings is 1. The Bertz CT molecular complexity index is 775. The van der Waals surface area contributed by atoms with Gasteiger partial charge in [0.1, 0.15) is 5.52 Å². The van der Waals surface area contributed by atoms with Crippen LogP contribution in [0.1, 0.15) is 6.42 Å². The summed E-state index contributed by atoms with van der Waals surface area (Å²) in [6.07, 6.45) is 3.89. The molecule has 21 heavy (non-hydrogen) atoms. The van der Waals surface area contributed by atoms with Gasteiger partial charge in [-0.15, -0.1) is 0 Å². The zero-order valence-electron chi connectivity index (χ0n) is 11.2. The van der Waals surface area contributed by atoms with Crippen LogP contribution in [0.25, 0.3) is 11.0 Å². The summed E-state index contributed by atoms with van der Waals surface area (Å²) in [7, 11) is 0. The Balaban J connectivity index is 1.82. The Kier molecular flexibility index (Phi) is 2.88. The van der Waals surface area contributed by atoms with Crippen LogP contribution in [0.5, 0.6) is 0 Å².